The third-order valence-corrected chi connectivity index (χ3v) is 2.62. The molecule has 0 saturated carbocycles. The van der Waals surface area contributed by atoms with E-state index in [-0.39, 0.29) is 12.0 Å². The Kier molecular flexibility index (Phi) is 3.54. The van der Waals surface area contributed by atoms with Crippen LogP contribution in [0.3, 0.4) is 0 Å². The van der Waals surface area contributed by atoms with E-state index in [9.17, 15) is 0 Å². The van der Waals surface area contributed by atoms with Gasteiger partial charge < -0.3 is 9.73 Å². The second-order valence-electron chi connectivity index (χ2n) is 4.27. The van der Waals surface area contributed by atoms with Gasteiger partial charge in [-0.25, -0.2) is 0 Å². The van der Waals surface area contributed by atoms with Gasteiger partial charge in [0.25, 0.3) is 0 Å². The normalized spacial score (nSPS) is 12.9. The first-order valence-electron chi connectivity index (χ1n) is 5.78. The highest BCUT2D eigenvalue weighted by molar-refractivity contribution is 5.23. The molecule has 0 aliphatic heterocycles. The molecule has 1 aromatic heterocycles. The lowest BCUT2D eigenvalue weighted by Crippen LogP contribution is -2.17. The van der Waals surface area contributed by atoms with Gasteiger partial charge in [-0.15, -0.1) is 10.2 Å². The van der Waals surface area contributed by atoms with Gasteiger partial charge in [-0.1, -0.05) is 44.2 Å². The molecule has 0 fully saturated rings. The van der Waals surface area contributed by atoms with Gasteiger partial charge in [-0.05, 0) is 12.6 Å². The summed E-state index contributed by atoms with van der Waals surface area (Å²) in [6.45, 7) is 4.07. The van der Waals surface area contributed by atoms with Crippen LogP contribution in [0.2, 0.25) is 0 Å². The van der Waals surface area contributed by atoms with E-state index in [2.05, 4.69) is 15.5 Å². The molecule has 1 aromatic carbocycles. The minimum absolute atomic E-state index is 0.0452. The molecule has 2 aromatic rings. The Balaban J connectivity index is 2.29. The molecule has 2 rings (SSSR count). The second kappa shape index (κ2) is 5.10. The highest BCUT2D eigenvalue weighted by Crippen LogP contribution is 2.22. The van der Waals surface area contributed by atoms with E-state index < -0.39 is 0 Å². The molecule has 0 aliphatic carbocycles. The minimum atomic E-state index is -0.0452. The summed E-state index contributed by atoms with van der Waals surface area (Å²) < 4.78 is 5.67. The van der Waals surface area contributed by atoms with Crippen LogP contribution in [-0.4, -0.2) is 17.2 Å². The van der Waals surface area contributed by atoms with Crippen molar-refractivity contribution in [2.45, 2.75) is 25.8 Å². The van der Waals surface area contributed by atoms with Crippen LogP contribution in [0, 0.1) is 0 Å². The maximum Gasteiger partial charge on any atom is 0.237 e. The van der Waals surface area contributed by atoms with Crippen molar-refractivity contribution < 1.29 is 4.42 Å². The lowest BCUT2D eigenvalue weighted by atomic mass is 10.1. The molecular formula is C13H17N3O. The van der Waals surface area contributed by atoms with Crippen LogP contribution < -0.4 is 5.32 Å². The van der Waals surface area contributed by atoms with E-state index >= 15 is 0 Å². The van der Waals surface area contributed by atoms with Crippen molar-refractivity contribution in [3.8, 4) is 0 Å². The summed E-state index contributed by atoms with van der Waals surface area (Å²) in [6.07, 6.45) is 0. The van der Waals surface area contributed by atoms with Crippen molar-refractivity contribution in [2.75, 3.05) is 7.05 Å². The molecule has 0 bridgehead atoms. The zero-order valence-corrected chi connectivity index (χ0v) is 10.3. The minimum Gasteiger partial charge on any atom is -0.423 e. The van der Waals surface area contributed by atoms with E-state index in [0.717, 1.165) is 5.56 Å². The third kappa shape index (κ3) is 2.53. The Morgan fingerprint density at radius 2 is 1.71 bits per heavy atom. The Hall–Kier alpha value is -1.68. The monoisotopic (exact) mass is 231 g/mol. The van der Waals surface area contributed by atoms with Gasteiger partial charge >= 0.3 is 0 Å². The number of benzene rings is 1. The van der Waals surface area contributed by atoms with Crippen molar-refractivity contribution in [2.24, 2.45) is 0 Å². The summed E-state index contributed by atoms with van der Waals surface area (Å²) >= 11 is 0. The molecule has 0 spiro atoms. The zero-order valence-electron chi connectivity index (χ0n) is 10.3. The van der Waals surface area contributed by atoms with Gasteiger partial charge in [-0.3, -0.25) is 0 Å². The number of rotatable bonds is 4. The van der Waals surface area contributed by atoms with Gasteiger partial charge in [0.1, 0.15) is 6.04 Å². The SMILES string of the molecule is CNC(c1ccccc1)c1nnc(C(C)C)o1. The van der Waals surface area contributed by atoms with Gasteiger partial charge in [-0.2, -0.15) is 0 Å². The topological polar surface area (TPSA) is 51.0 Å². The summed E-state index contributed by atoms with van der Waals surface area (Å²) in [5, 5.41) is 11.3. The number of hydrogen-bond donors (Lipinski definition) is 1. The maximum absolute atomic E-state index is 5.67. The van der Waals surface area contributed by atoms with Crippen LogP contribution >= 0.6 is 0 Å². The molecule has 17 heavy (non-hydrogen) atoms. The Labute approximate surface area is 101 Å². The standard InChI is InChI=1S/C13H17N3O/c1-9(2)12-15-16-13(17-12)11(14-3)10-7-5-4-6-8-10/h4-9,11,14H,1-3H3. The van der Waals surface area contributed by atoms with Gasteiger partial charge in [0, 0.05) is 5.92 Å². The highest BCUT2D eigenvalue weighted by Gasteiger charge is 2.19. The molecular weight excluding hydrogens is 214 g/mol. The Morgan fingerprint density at radius 1 is 1.06 bits per heavy atom. The molecule has 1 atom stereocenters. The molecule has 1 heterocycles. The molecule has 0 saturated heterocycles. The average Bonchev–Trinajstić information content (AvgIpc) is 2.81. The fourth-order valence-corrected chi connectivity index (χ4v) is 1.67. The largest absolute Gasteiger partial charge is 0.423 e. The second-order valence-corrected chi connectivity index (χ2v) is 4.27. The molecule has 0 aliphatic rings. The van der Waals surface area contributed by atoms with Gasteiger partial charge in [0.05, 0.1) is 0 Å². The van der Waals surface area contributed by atoms with Crippen LogP contribution in [-0.2, 0) is 0 Å². The average molecular weight is 231 g/mol. The number of nitrogens with one attached hydrogen (secondary N) is 1. The lowest BCUT2D eigenvalue weighted by Gasteiger charge is -2.11. The summed E-state index contributed by atoms with van der Waals surface area (Å²) in [5.74, 6) is 1.54. The van der Waals surface area contributed by atoms with Crippen molar-refractivity contribution in [3.63, 3.8) is 0 Å². The zero-order chi connectivity index (χ0) is 12.3. The van der Waals surface area contributed by atoms with E-state index in [4.69, 9.17) is 4.42 Å². The molecule has 0 amide bonds. The van der Waals surface area contributed by atoms with Crippen molar-refractivity contribution in [1.29, 1.82) is 0 Å². The highest BCUT2D eigenvalue weighted by atomic mass is 16.4. The molecule has 0 radical (unpaired) electrons. The first-order valence-corrected chi connectivity index (χ1v) is 5.78. The third-order valence-electron chi connectivity index (χ3n) is 2.62. The Bertz CT molecular complexity index is 465. The van der Waals surface area contributed by atoms with Crippen LogP contribution in [0.5, 0.6) is 0 Å². The van der Waals surface area contributed by atoms with E-state index in [1.807, 2.05) is 51.2 Å². The van der Waals surface area contributed by atoms with E-state index in [1.54, 1.807) is 0 Å². The number of nitrogens with zero attached hydrogens (tertiary/aromatic N) is 2. The van der Waals surface area contributed by atoms with Crippen LogP contribution in [0.15, 0.2) is 34.7 Å². The predicted octanol–water partition coefficient (Wildman–Crippen LogP) is 2.50. The van der Waals surface area contributed by atoms with Gasteiger partial charge in [0.15, 0.2) is 0 Å². The fourth-order valence-electron chi connectivity index (χ4n) is 1.67. The summed E-state index contributed by atoms with van der Waals surface area (Å²) in [5.41, 5.74) is 1.12. The molecule has 4 nitrogen and oxygen atoms in total. The Morgan fingerprint density at radius 3 is 2.24 bits per heavy atom. The van der Waals surface area contributed by atoms with E-state index in [0.29, 0.717) is 11.8 Å². The quantitative estimate of drug-likeness (QED) is 0.878. The lowest BCUT2D eigenvalue weighted by molar-refractivity contribution is 0.403. The molecule has 90 valence electrons. The molecule has 1 N–H and O–H groups in total. The fraction of sp³-hybridized carbons (Fsp3) is 0.385. The van der Waals surface area contributed by atoms with Crippen molar-refractivity contribution in [1.82, 2.24) is 15.5 Å². The summed E-state index contributed by atoms with van der Waals surface area (Å²) in [6, 6.07) is 10.0. The summed E-state index contributed by atoms with van der Waals surface area (Å²) in [4.78, 5) is 0. The van der Waals surface area contributed by atoms with E-state index in [1.165, 1.54) is 0 Å². The smallest absolute Gasteiger partial charge is 0.237 e. The number of hydrogen-bond acceptors (Lipinski definition) is 4. The summed E-state index contributed by atoms with van der Waals surface area (Å²) in [7, 11) is 1.89. The molecule has 1 unspecified atom stereocenters. The number of aromatic nitrogens is 2. The van der Waals surface area contributed by atoms with Gasteiger partial charge in [0.2, 0.25) is 11.8 Å². The van der Waals surface area contributed by atoms with Crippen LogP contribution in [0.25, 0.3) is 0 Å². The van der Waals surface area contributed by atoms with Crippen molar-refractivity contribution in [3.05, 3.63) is 47.7 Å². The first kappa shape index (κ1) is 11.8. The van der Waals surface area contributed by atoms with Crippen LogP contribution in [0.4, 0.5) is 0 Å². The first-order chi connectivity index (χ1) is 8.22. The van der Waals surface area contributed by atoms with Crippen molar-refractivity contribution >= 4 is 0 Å². The molecule has 4 heteroatoms. The van der Waals surface area contributed by atoms with Crippen LogP contribution in [0.1, 0.15) is 43.2 Å². The maximum atomic E-state index is 5.67. The predicted molar refractivity (Wildman–Crippen MR) is 65.7 cm³/mol.